The summed E-state index contributed by atoms with van der Waals surface area (Å²) in [5.41, 5.74) is 1.04. The Morgan fingerprint density at radius 1 is 1.83 bits per heavy atom. The molecule has 0 saturated heterocycles. The van der Waals surface area contributed by atoms with E-state index in [-0.39, 0.29) is 0 Å². The summed E-state index contributed by atoms with van der Waals surface area (Å²) in [4.78, 5) is 6.29. The molecule has 0 fully saturated rings. The quantitative estimate of drug-likeness (QED) is 0.749. The summed E-state index contributed by atoms with van der Waals surface area (Å²) in [7, 11) is 1.95. The molecule has 0 radical (unpaired) electrons. The molecule has 12 heavy (non-hydrogen) atoms. The summed E-state index contributed by atoms with van der Waals surface area (Å²) in [6.45, 7) is 6.25. The predicted octanol–water partition coefficient (Wildman–Crippen LogP) is 2.64. The molecule has 0 aliphatic carbocycles. The van der Waals surface area contributed by atoms with E-state index in [2.05, 4.69) is 11.6 Å². The third-order valence-corrected chi connectivity index (χ3v) is 2.53. The molecule has 0 aliphatic heterocycles. The van der Waals surface area contributed by atoms with Crippen LogP contribution in [0.3, 0.4) is 0 Å². The lowest BCUT2D eigenvalue weighted by Crippen LogP contribution is -2.17. The lowest BCUT2D eigenvalue weighted by molar-refractivity contribution is 0.999. The zero-order valence-corrected chi connectivity index (χ0v) is 8.74. The second-order valence-electron chi connectivity index (χ2n) is 2.64. The van der Waals surface area contributed by atoms with Crippen LogP contribution in [0.5, 0.6) is 0 Å². The van der Waals surface area contributed by atoms with E-state index in [9.17, 15) is 0 Å². The van der Waals surface area contributed by atoms with Crippen LogP contribution in [0.25, 0.3) is 0 Å². The standard InChI is InChI=1S/C8H11ClN2S/c1-6(9)4-11(3)8-10-7(2)5-12-8/h5H,1,4H2,2-3H3. The smallest absolute Gasteiger partial charge is 0.185 e. The number of likely N-dealkylation sites (N-methyl/N-ethyl adjacent to an activating group) is 1. The van der Waals surface area contributed by atoms with Gasteiger partial charge in [-0.1, -0.05) is 18.2 Å². The SMILES string of the molecule is C=C(Cl)CN(C)c1nc(C)cs1. The van der Waals surface area contributed by atoms with Crippen molar-refractivity contribution < 1.29 is 0 Å². The molecule has 0 spiro atoms. The molecule has 0 aromatic carbocycles. The molecule has 0 bridgehead atoms. The Bertz CT molecular complexity index is 282. The Morgan fingerprint density at radius 2 is 2.50 bits per heavy atom. The lowest BCUT2D eigenvalue weighted by Gasteiger charge is -2.13. The molecule has 4 heteroatoms. The van der Waals surface area contributed by atoms with Crippen molar-refractivity contribution in [2.24, 2.45) is 0 Å². The first kappa shape index (κ1) is 9.55. The highest BCUT2D eigenvalue weighted by Gasteiger charge is 2.04. The van der Waals surface area contributed by atoms with Crippen molar-refractivity contribution >= 4 is 28.1 Å². The van der Waals surface area contributed by atoms with Crippen molar-refractivity contribution in [3.8, 4) is 0 Å². The van der Waals surface area contributed by atoms with Gasteiger partial charge in [0.15, 0.2) is 5.13 Å². The van der Waals surface area contributed by atoms with Crippen molar-refractivity contribution in [3.05, 3.63) is 22.7 Å². The van der Waals surface area contributed by atoms with Crippen LogP contribution in [-0.2, 0) is 0 Å². The Labute approximate surface area is 81.5 Å². The first-order chi connectivity index (χ1) is 5.59. The summed E-state index contributed by atoms with van der Waals surface area (Å²) >= 11 is 7.28. The van der Waals surface area contributed by atoms with Crippen molar-refractivity contribution in [1.82, 2.24) is 4.98 Å². The van der Waals surface area contributed by atoms with E-state index in [4.69, 9.17) is 11.6 Å². The zero-order valence-electron chi connectivity index (χ0n) is 7.17. The molecule has 0 atom stereocenters. The fraction of sp³-hybridized carbons (Fsp3) is 0.375. The van der Waals surface area contributed by atoms with Gasteiger partial charge in [-0.15, -0.1) is 11.3 Å². The molecular weight excluding hydrogens is 192 g/mol. The highest BCUT2D eigenvalue weighted by Crippen LogP contribution is 2.19. The number of aromatic nitrogens is 1. The van der Waals surface area contributed by atoms with Gasteiger partial charge in [-0.3, -0.25) is 0 Å². The Kier molecular flexibility index (Phi) is 3.12. The maximum absolute atomic E-state index is 5.67. The van der Waals surface area contributed by atoms with Crippen LogP contribution < -0.4 is 4.90 Å². The number of halogens is 1. The predicted molar refractivity (Wildman–Crippen MR) is 55.1 cm³/mol. The Morgan fingerprint density at radius 3 is 2.92 bits per heavy atom. The molecule has 0 saturated carbocycles. The molecule has 1 aromatic rings. The highest BCUT2D eigenvalue weighted by molar-refractivity contribution is 7.13. The van der Waals surface area contributed by atoms with Crippen LogP contribution in [0, 0.1) is 6.92 Å². The van der Waals surface area contributed by atoms with E-state index >= 15 is 0 Å². The van der Waals surface area contributed by atoms with E-state index in [1.165, 1.54) is 0 Å². The second-order valence-corrected chi connectivity index (χ2v) is 4.02. The minimum absolute atomic E-state index is 0.630. The molecule has 66 valence electrons. The average Bonchev–Trinajstić information content (AvgIpc) is 2.34. The van der Waals surface area contributed by atoms with Gasteiger partial charge in [0.1, 0.15) is 0 Å². The summed E-state index contributed by atoms with van der Waals surface area (Å²) in [6, 6.07) is 0. The van der Waals surface area contributed by atoms with E-state index in [1.54, 1.807) is 11.3 Å². The third-order valence-electron chi connectivity index (χ3n) is 1.34. The number of rotatable bonds is 3. The van der Waals surface area contributed by atoms with Crippen LogP contribution in [0.15, 0.2) is 17.0 Å². The number of hydrogen-bond acceptors (Lipinski definition) is 3. The monoisotopic (exact) mass is 202 g/mol. The Balaban J connectivity index is 2.64. The van der Waals surface area contributed by atoms with Crippen molar-refractivity contribution in [2.75, 3.05) is 18.5 Å². The number of aryl methyl sites for hydroxylation is 1. The maximum atomic E-state index is 5.67. The molecule has 1 aromatic heterocycles. The largest absolute Gasteiger partial charge is 0.346 e. The van der Waals surface area contributed by atoms with Gasteiger partial charge in [0.2, 0.25) is 0 Å². The minimum Gasteiger partial charge on any atom is -0.346 e. The number of anilines is 1. The molecule has 0 amide bonds. The molecule has 1 rings (SSSR count). The molecule has 2 nitrogen and oxygen atoms in total. The average molecular weight is 203 g/mol. The zero-order chi connectivity index (χ0) is 9.14. The second kappa shape index (κ2) is 3.92. The fourth-order valence-corrected chi connectivity index (χ4v) is 1.79. The van der Waals surface area contributed by atoms with E-state index in [0.29, 0.717) is 11.6 Å². The molecule has 1 heterocycles. The van der Waals surface area contributed by atoms with E-state index in [0.717, 1.165) is 10.8 Å². The van der Waals surface area contributed by atoms with Gasteiger partial charge in [-0.25, -0.2) is 4.98 Å². The van der Waals surface area contributed by atoms with Gasteiger partial charge in [-0.05, 0) is 6.92 Å². The number of hydrogen-bond donors (Lipinski definition) is 0. The molecule has 0 N–H and O–H groups in total. The van der Waals surface area contributed by atoms with Crippen LogP contribution in [0.2, 0.25) is 0 Å². The summed E-state index contributed by atoms with van der Waals surface area (Å²) in [5, 5.41) is 3.63. The van der Waals surface area contributed by atoms with Crippen molar-refractivity contribution in [3.63, 3.8) is 0 Å². The van der Waals surface area contributed by atoms with Gasteiger partial charge < -0.3 is 4.90 Å². The summed E-state index contributed by atoms with van der Waals surface area (Å²) < 4.78 is 0. The molecular formula is C8H11ClN2S. The first-order valence-electron chi connectivity index (χ1n) is 3.56. The lowest BCUT2D eigenvalue weighted by atomic mass is 10.5. The highest BCUT2D eigenvalue weighted by atomic mass is 35.5. The normalized spacial score (nSPS) is 9.92. The van der Waals surface area contributed by atoms with Crippen molar-refractivity contribution in [1.29, 1.82) is 0 Å². The van der Waals surface area contributed by atoms with Crippen LogP contribution >= 0.6 is 22.9 Å². The first-order valence-corrected chi connectivity index (χ1v) is 4.82. The third kappa shape index (κ3) is 2.50. The fourth-order valence-electron chi connectivity index (χ4n) is 0.842. The van der Waals surface area contributed by atoms with Gasteiger partial charge in [0, 0.05) is 17.5 Å². The minimum atomic E-state index is 0.630. The van der Waals surface area contributed by atoms with Crippen molar-refractivity contribution in [2.45, 2.75) is 6.92 Å². The molecule has 0 aliphatic rings. The van der Waals surface area contributed by atoms with Crippen LogP contribution in [0.1, 0.15) is 5.69 Å². The summed E-state index contributed by atoms with van der Waals surface area (Å²) in [5.74, 6) is 0. The van der Waals surface area contributed by atoms with Crippen LogP contribution in [-0.4, -0.2) is 18.6 Å². The van der Waals surface area contributed by atoms with Gasteiger partial charge in [0.25, 0.3) is 0 Å². The number of nitrogens with zero attached hydrogens (tertiary/aromatic N) is 2. The van der Waals surface area contributed by atoms with Gasteiger partial charge in [-0.2, -0.15) is 0 Å². The number of thiazole rings is 1. The van der Waals surface area contributed by atoms with Gasteiger partial charge in [0.05, 0.1) is 12.2 Å². The Hall–Kier alpha value is -0.540. The summed E-state index contributed by atoms with van der Waals surface area (Å²) in [6.07, 6.45) is 0. The maximum Gasteiger partial charge on any atom is 0.185 e. The van der Waals surface area contributed by atoms with Gasteiger partial charge >= 0.3 is 0 Å². The topological polar surface area (TPSA) is 16.1 Å². The van der Waals surface area contributed by atoms with E-state index in [1.807, 2.05) is 24.3 Å². The van der Waals surface area contributed by atoms with E-state index < -0.39 is 0 Å². The van der Waals surface area contributed by atoms with Crippen LogP contribution in [0.4, 0.5) is 5.13 Å². The molecule has 0 unspecified atom stereocenters.